The molecule has 1 aliphatic rings. The molecule has 0 unspecified atom stereocenters. The number of nitro groups is 1. The molecule has 0 fully saturated rings. The average molecular weight is 488 g/mol. The van der Waals surface area contributed by atoms with E-state index in [4.69, 9.17) is 0 Å². The fraction of sp³-hybridized carbons (Fsp3) is 0.182. The first-order chi connectivity index (χ1) is 15.6. The molecule has 172 valence electrons. The maximum atomic E-state index is 13.3. The summed E-state index contributed by atoms with van der Waals surface area (Å²) in [4.78, 5) is 10.2. The Kier molecular flexibility index (Phi) is 5.85. The van der Waals surface area contributed by atoms with Gasteiger partial charge < -0.3 is 0 Å². The highest BCUT2D eigenvalue weighted by molar-refractivity contribution is 7.93. The van der Waals surface area contributed by atoms with Crippen molar-refractivity contribution in [3.63, 3.8) is 0 Å². The molecule has 1 aliphatic heterocycles. The molecule has 0 radical (unpaired) electrons. The van der Waals surface area contributed by atoms with E-state index in [0.717, 1.165) is 17.2 Å². The predicted octanol–water partition coefficient (Wildman–Crippen LogP) is 3.85. The van der Waals surface area contributed by atoms with E-state index in [1.807, 2.05) is 6.92 Å². The van der Waals surface area contributed by atoms with Crippen LogP contribution in [0.1, 0.15) is 17.5 Å². The number of non-ortho nitro benzene ring substituents is 1. The van der Waals surface area contributed by atoms with Gasteiger partial charge in [-0.05, 0) is 55.7 Å². The average Bonchev–Trinajstić information content (AvgIpc) is 2.78. The first kappa shape index (κ1) is 22.7. The van der Waals surface area contributed by atoms with Gasteiger partial charge in [-0.2, -0.15) is 0 Å². The van der Waals surface area contributed by atoms with Gasteiger partial charge in [-0.1, -0.05) is 29.8 Å². The molecule has 1 N–H and O–H groups in total. The van der Waals surface area contributed by atoms with Crippen LogP contribution in [0.4, 0.5) is 17.1 Å². The van der Waals surface area contributed by atoms with Crippen LogP contribution >= 0.6 is 0 Å². The number of fused-ring (bicyclic) bond motifs is 1. The summed E-state index contributed by atoms with van der Waals surface area (Å²) >= 11 is 0. The van der Waals surface area contributed by atoms with Crippen LogP contribution in [-0.2, 0) is 26.5 Å². The number of nitro benzene ring substituents is 1. The summed E-state index contributed by atoms with van der Waals surface area (Å²) in [5.74, 6) is 0. The third-order valence-electron chi connectivity index (χ3n) is 5.36. The fourth-order valence-electron chi connectivity index (χ4n) is 3.67. The number of nitrogens with zero attached hydrogens (tertiary/aromatic N) is 2. The Labute approximate surface area is 191 Å². The van der Waals surface area contributed by atoms with Crippen LogP contribution < -0.4 is 9.03 Å². The molecule has 0 saturated carbocycles. The van der Waals surface area contributed by atoms with E-state index in [1.165, 1.54) is 28.6 Å². The second-order valence-corrected chi connectivity index (χ2v) is 11.2. The highest BCUT2D eigenvalue weighted by Gasteiger charge is 2.30. The molecule has 33 heavy (non-hydrogen) atoms. The van der Waals surface area contributed by atoms with Crippen molar-refractivity contribution in [3.05, 3.63) is 88.0 Å². The fourth-order valence-corrected chi connectivity index (χ4v) is 6.29. The van der Waals surface area contributed by atoms with Crippen LogP contribution in [0, 0.1) is 17.0 Å². The first-order valence-electron chi connectivity index (χ1n) is 10.1. The lowest BCUT2D eigenvalue weighted by Gasteiger charge is -2.31. The van der Waals surface area contributed by atoms with Crippen molar-refractivity contribution < 1.29 is 21.8 Å². The molecular formula is C22H21N3O6S2. The largest absolute Gasteiger partial charge is 0.280 e. The third kappa shape index (κ3) is 4.55. The minimum atomic E-state index is -4.13. The molecule has 3 aromatic carbocycles. The quantitative estimate of drug-likeness (QED) is 0.416. The number of rotatable bonds is 6. The number of hydrogen-bond donors (Lipinski definition) is 1. The molecule has 0 atom stereocenters. The number of nitrogens with one attached hydrogen (secondary N) is 1. The predicted molar refractivity (Wildman–Crippen MR) is 124 cm³/mol. The van der Waals surface area contributed by atoms with Crippen molar-refractivity contribution >= 4 is 37.1 Å². The van der Waals surface area contributed by atoms with Crippen LogP contribution in [0.2, 0.25) is 0 Å². The minimum absolute atomic E-state index is 0.156. The van der Waals surface area contributed by atoms with Crippen LogP contribution in [0.5, 0.6) is 0 Å². The van der Waals surface area contributed by atoms with Gasteiger partial charge in [-0.25, -0.2) is 16.8 Å². The summed E-state index contributed by atoms with van der Waals surface area (Å²) in [6.45, 7) is 2.14. The molecule has 0 amide bonds. The maximum Gasteiger partial charge on any atom is 0.270 e. The Morgan fingerprint density at radius 2 is 1.67 bits per heavy atom. The van der Waals surface area contributed by atoms with Gasteiger partial charge in [0.25, 0.3) is 25.7 Å². The van der Waals surface area contributed by atoms with Gasteiger partial charge in [0.15, 0.2) is 0 Å². The van der Waals surface area contributed by atoms with Gasteiger partial charge in [0.2, 0.25) is 0 Å². The molecule has 9 nitrogen and oxygen atoms in total. The van der Waals surface area contributed by atoms with E-state index in [2.05, 4.69) is 4.72 Å². The molecule has 0 saturated heterocycles. The Hall–Kier alpha value is -3.44. The molecule has 3 aromatic rings. The maximum absolute atomic E-state index is 13.3. The summed E-state index contributed by atoms with van der Waals surface area (Å²) in [7, 11) is -7.97. The second kappa shape index (κ2) is 8.49. The summed E-state index contributed by atoms with van der Waals surface area (Å²) in [5.41, 5.74) is 1.94. The lowest BCUT2D eigenvalue weighted by molar-refractivity contribution is -0.385. The highest BCUT2D eigenvalue weighted by Crippen LogP contribution is 2.35. The Morgan fingerprint density at radius 3 is 2.36 bits per heavy atom. The molecule has 11 heteroatoms. The Balaban J connectivity index is 1.69. The smallest absolute Gasteiger partial charge is 0.270 e. The zero-order chi connectivity index (χ0) is 23.8. The number of anilines is 2. The van der Waals surface area contributed by atoms with Gasteiger partial charge in [-0.3, -0.25) is 19.1 Å². The molecule has 0 aromatic heterocycles. The zero-order valence-electron chi connectivity index (χ0n) is 17.6. The lowest BCUT2D eigenvalue weighted by atomic mass is 10.0. The van der Waals surface area contributed by atoms with Crippen molar-refractivity contribution in [1.29, 1.82) is 0 Å². The van der Waals surface area contributed by atoms with Crippen molar-refractivity contribution in [2.75, 3.05) is 15.6 Å². The van der Waals surface area contributed by atoms with E-state index >= 15 is 0 Å². The third-order valence-corrected chi connectivity index (χ3v) is 8.57. The summed E-state index contributed by atoms with van der Waals surface area (Å²) in [6, 6.07) is 16.0. The van der Waals surface area contributed by atoms with E-state index in [9.17, 15) is 26.9 Å². The Morgan fingerprint density at radius 1 is 0.939 bits per heavy atom. The van der Waals surface area contributed by atoms with Crippen LogP contribution in [0.25, 0.3) is 0 Å². The molecule has 0 spiro atoms. The molecule has 0 bridgehead atoms. The normalized spacial score (nSPS) is 13.9. The summed E-state index contributed by atoms with van der Waals surface area (Å²) in [6.07, 6.45) is 1.30. The van der Waals surface area contributed by atoms with Gasteiger partial charge in [0, 0.05) is 18.7 Å². The van der Waals surface area contributed by atoms with Gasteiger partial charge in [0.1, 0.15) is 0 Å². The van der Waals surface area contributed by atoms with Gasteiger partial charge >= 0.3 is 0 Å². The van der Waals surface area contributed by atoms with E-state index in [-0.39, 0.29) is 27.7 Å². The zero-order valence-corrected chi connectivity index (χ0v) is 19.3. The lowest BCUT2D eigenvalue weighted by Crippen LogP contribution is -2.35. The van der Waals surface area contributed by atoms with E-state index in [0.29, 0.717) is 18.5 Å². The minimum Gasteiger partial charge on any atom is -0.280 e. The summed E-state index contributed by atoms with van der Waals surface area (Å²) in [5, 5.41) is 11.0. The van der Waals surface area contributed by atoms with E-state index < -0.39 is 25.0 Å². The van der Waals surface area contributed by atoms with E-state index in [1.54, 1.807) is 36.4 Å². The Bertz CT molecular complexity index is 1440. The number of benzene rings is 3. The molecular weight excluding hydrogens is 466 g/mol. The monoisotopic (exact) mass is 487 g/mol. The molecule has 1 heterocycles. The number of aryl methyl sites for hydroxylation is 2. The van der Waals surface area contributed by atoms with Crippen LogP contribution in [-0.4, -0.2) is 28.3 Å². The van der Waals surface area contributed by atoms with Gasteiger partial charge in [-0.15, -0.1) is 0 Å². The second-order valence-electron chi connectivity index (χ2n) is 7.70. The molecule has 4 rings (SSSR count). The standard InChI is InChI=1S/C22H21N3O6S2/c1-16-7-11-20(12-8-16)33(30,31)24-13-3-4-17-9-10-18(14-22(17)24)23-32(28,29)21-6-2-5-19(15-21)25(26)27/h2,5-12,14-15,23H,3-4,13H2,1H3. The SMILES string of the molecule is Cc1ccc(S(=O)(=O)N2CCCc3ccc(NS(=O)(=O)c4cccc([N+](=O)[O-])c4)cc32)cc1. The summed E-state index contributed by atoms with van der Waals surface area (Å²) < 4.78 is 55.9. The number of sulfonamides is 2. The van der Waals surface area contributed by atoms with Crippen molar-refractivity contribution in [2.24, 2.45) is 0 Å². The topological polar surface area (TPSA) is 127 Å². The van der Waals surface area contributed by atoms with Gasteiger partial charge in [0.05, 0.1) is 26.1 Å². The van der Waals surface area contributed by atoms with Crippen molar-refractivity contribution in [1.82, 2.24) is 0 Å². The number of hydrogen-bond acceptors (Lipinski definition) is 6. The molecule has 0 aliphatic carbocycles. The first-order valence-corrected chi connectivity index (χ1v) is 13.0. The van der Waals surface area contributed by atoms with Crippen molar-refractivity contribution in [2.45, 2.75) is 29.6 Å². The van der Waals surface area contributed by atoms with Crippen LogP contribution in [0.15, 0.2) is 76.5 Å². The van der Waals surface area contributed by atoms with Crippen LogP contribution in [0.3, 0.4) is 0 Å². The van der Waals surface area contributed by atoms with Crippen molar-refractivity contribution in [3.8, 4) is 0 Å². The highest BCUT2D eigenvalue weighted by atomic mass is 32.2.